The Bertz CT molecular complexity index is 780. The summed E-state index contributed by atoms with van der Waals surface area (Å²) in [6, 6.07) is 17.0. The summed E-state index contributed by atoms with van der Waals surface area (Å²) in [5.41, 5.74) is 10.4. The lowest BCUT2D eigenvalue weighted by Crippen LogP contribution is -2.38. The van der Waals surface area contributed by atoms with Crippen LogP contribution in [-0.4, -0.2) is 19.1 Å². The molecule has 0 saturated carbocycles. The Morgan fingerprint density at radius 3 is 2.54 bits per heavy atom. The topological polar surface area (TPSA) is 59.6 Å². The first kappa shape index (κ1) is 19.0. The van der Waals surface area contributed by atoms with Crippen molar-refractivity contribution in [3.8, 4) is 5.75 Å². The van der Waals surface area contributed by atoms with Gasteiger partial charge in [-0.25, -0.2) is 0 Å². The molecule has 1 unspecified atom stereocenters. The molecule has 0 radical (unpaired) electrons. The van der Waals surface area contributed by atoms with Crippen LogP contribution in [0.5, 0.6) is 5.75 Å². The molecule has 4 rings (SSSR count). The first-order valence-corrected chi connectivity index (χ1v) is 8.98. The van der Waals surface area contributed by atoms with Gasteiger partial charge in [0.05, 0.1) is 12.6 Å². The van der Waals surface area contributed by atoms with Crippen LogP contribution in [0, 0.1) is 5.41 Å². The predicted octanol–water partition coefficient (Wildman–Crippen LogP) is 3.84. The summed E-state index contributed by atoms with van der Waals surface area (Å²) in [7, 11) is 0. The van der Waals surface area contributed by atoms with Gasteiger partial charge in [-0.1, -0.05) is 49.4 Å². The number of nitrogens with one attached hydrogen (secondary N) is 1. The van der Waals surface area contributed by atoms with Gasteiger partial charge in [0.1, 0.15) is 5.75 Å². The van der Waals surface area contributed by atoms with Crippen molar-refractivity contribution in [3.05, 3.63) is 65.2 Å². The van der Waals surface area contributed by atoms with E-state index in [1.807, 2.05) is 18.2 Å². The molecule has 1 heterocycles. The molecule has 0 aromatic heterocycles. The van der Waals surface area contributed by atoms with Gasteiger partial charge in [-0.3, -0.25) is 4.99 Å². The Hall–Kier alpha value is -1.76. The van der Waals surface area contributed by atoms with Crippen molar-refractivity contribution < 1.29 is 4.74 Å². The summed E-state index contributed by atoms with van der Waals surface area (Å²) in [5, 5.41) is 3.39. The van der Waals surface area contributed by atoms with Gasteiger partial charge >= 0.3 is 0 Å². The summed E-state index contributed by atoms with van der Waals surface area (Å²) in [5.74, 6) is 1.47. The highest BCUT2D eigenvalue weighted by molar-refractivity contribution is 14.0. The zero-order valence-electron chi connectivity index (χ0n) is 15.1. The van der Waals surface area contributed by atoms with Gasteiger partial charge in [0, 0.05) is 18.5 Å². The summed E-state index contributed by atoms with van der Waals surface area (Å²) in [6.07, 6.45) is 3.04. The van der Waals surface area contributed by atoms with Crippen LogP contribution in [0.15, 0.2) is 53.5 Å². The van der Waals surface area contributed by atoms with Crippen molar-refractivity contribution in [3.63, 3.8) is 0 Å². The second-order valence-electron chi connectivity index (χ2n) is 7.51. The molecule has 0 amide bonds. The minimum atomic E-state index is 0. The van der Waals surface area contributed by atoms with E-state index >= 15 is 0 Å². The van der Waals surface area contributed by atoms with Gasteiger partial charge in [-0.05, 0) is 35.4 Å². The zero-order chi connectivity index (χ0) is 17.3. The molecule has 0 bridgehead atoms. The van der Waals surface area contributed by atoms with E-state index in [0.29, 0.717) is 12.6 Å². The SMILES string of the molecule is CC1(CN=C(N)NC2CCOc3ccccc32)Cc2ccccc2C1.I. The van der Waals surface area contributed by atoms with Crippen molar-refractivity contribution in [1.82, 2.24) is 5.32 Å². The maximum Gasteiger partial charge on any atom is 0.189 e. The molecule has 2 aromatic carbocycles. The van der Waals surface area contributed by atoms with Gasteiger partial charge in [0.15, 0.2) is 5.96 Å². The van der Waals surface area contributed by atoms with Crippen LogP contribution < -0.4 is 15.8 Å². The van der Waals surface area contributed by atoms with E-state index < -0.39 is 0 Å². The fourth-order valence-electron chi connectivity index (χ4n) is 3.99. The highest BCUT2D eigenvalue weighted by Gasteiger charge is 2.32. The third kappa shape index (κ3) is 3.98. The normalized spacial score (nSPS) is 20.3. The number of nitrogens with two attached hydrogens (primary N) is 1. The molecule has 2 aromatic rings. The van der Waals surface area contributed by atoms with Gasteiger partial charge in [-0.2, -0.15) is 0 Å². The van der Waals surface area contributed by atoms with Crippen LogP contribution in [-0.2, 0) is 12.8 Å². The van der Waals surface area contributed by atoms with Crippen LogP contribution in [0.25, 0.3) is 0 Å². The molecule has 26 heavy (non-hydrogen) atoms. The summed E-state index contributed by atoms with van der Waals surface area (Å²) in [4.78, 5) is 4.67. The van der Waals surface area contributed by atoms with Crippen LogP contribution in [0.3, 0.4) is 0 Å². The first-order valence-electron chi connectivity index (χ1n) is 8.98. The summed E-state index contributed by atoms with van der Waals surface area (Å²) in [6.45, 7) is 3.74. The lowest BCUT2D eigenvalue weighted by Gasteiger charge is -2.27. The minimum absolute atomic E-state index is 0. The van der Waals surface area contributed by atoms with Crippen molar-refractivity contribution in [2.24, 2.45) is 16.1 Å². The zero-order valence-corrected chi connectivity index (χ0v) is 17.4. The lowest BCUT2D eigenvalue weighted by atomic mass is 9.87. The van der Waals surface area contributed by atoms with E-state index in [9.17, 15) is 0 Å². The van der Waals surface area contributed by atoms with Crippen molar-refractivity contribution in [1.29, 1.82) is 0 Å². The molecule has 1 aliphatic heterocycles. The van der Waals surface area contributed by atoms with E-state index in [1.165, 1.54) is 11.1 Å². The number of benzene rings is 2. The molecular formula is C21H26IN3O. The van der Waals surface area contributed by atoms with Gasteiger partial charge in [-0.15, -0.1) is 24.0 Å². The standard InChI is InChI=1S/C21H25N3O.HI/c1-21(12-15-6-2-3-7-16(15)13-21)14-23-20(22)24-18-10-11-25-19-9-5-4-8-17(18)19;/h2-9,18H,10-14H2,1H3,(H3,22,23,24);1H. The second-order valence-corrected chi connectivity index (χ2v) is 7.51. The number of halogens is 1. The predicted molar refractivity (Wildman–Crippen MR) is 116 cm³/mol. The number of hydrogen-bond acceptors (Lipinski definition) is 2. The quantitative estimate of drug-likeness (QED) is 0.413. The minimum Gasteiger partial charge on any atom is -0.493 e. The highest BCUT2D eigenvalue weighted by atomic mass is 127. The first-order chi connectivity index (χ1) is 12.1. The van der Waals surface area contributed by atoms with Crippen LogP contribution in [0.2, 0.25) is 0 Å². The molecule has 2 aliphatic rings. The average molecular weight is 463 g/mol. The molecule has 4 nitrogen and oxygen atoms in total. The Morgan fingerprint density at radius 2 is 1.81 bits per heavy atom. The number of para-hydroxylation sites is 1. The van der Waals surface area contributed by atoms with Crippen molar-refractivity contribution in [2.75, 3.05) is 13.2 Å². The number of hydrogen-bond donors (Lipinski definition) is 2. The molecule has 0 spiro atoms. The van der Waals surface area contributed by atoms with Crippen molar-refractivity contribution in [2.45, 2.75) is 32.2 Å². The molecule has 0 fully saturated rings. The summed E-state index contributed by atoms with van der Waals surface area (Å²) >= 11 is 0. The Labute approximate surface area is 172 Å². The Balaban J connectivity index is 0.00000196. The average Bonchev–Trinajstić information content (AvgIpc) is 2.97. The smallest absolute Gasteiger partial charge is 0.189 e. The second kappa shape index (κ2) is 7.86. The Kier molecular flexibility index (Phi) is 5.75. The monoisotopic (exact) mass is 463 g/mol. The molecular weight excluding hydrogens is 437 g/mol. The molecule has 138 valence electrons. The van der Waals surface area contributed by atoms with Gasteiger partial charge in [0.25, 0.3) is 0 Å². The molecule has 3 N–H and O–H groups in total. The molecule has 1 aliphatic carbocycles. The Morgan fingerprint density at radius 1 is 1.15 bits per heavy atom. The number of ether oxygens (including phenoxy) is 1. The third-order valence-electron chi connectivity index (χ3n) is 5.26. The van der Waals surface area contributed by atoms with E-state index in [2.05, 4.69) is 47.6 Å². The molecule has 1 atom stereocenters. The van der Waals surface area contributed by atoms with E-state index in [4.69, 9.17) is 10.5 Å². The number of aliphatic imine (C=N–C) groups is 1. The van der Waals surface area contributed by atoms with Crippen molar-refractivity contribution >= 4 is 29.9 Å². The fourth-order valence-corrected chi connectivity index (χ4v) is 3.99. The number of guanidine groups is 1. The van der Waals surface area contributed by atoms with Gasteiger partial charge < -0.3 is 15.8 Å². The van der Waals surface area contributed by atoms with E-state index in [1.54, 1.807) is 0 Å². The number of nitrogens with zero attached hydrogens (tertiary/aromatic N) is 1. The molecule has 0 saturated heterocycles. The van der Waals surface area contributed by atoms with E-state index in [-0.39, 0.29) is 35.4 Å². The third-order valence-corrected chi connectivity index (χ3v) is 5.26. The largest absolute Gasteiger partial charge is 0.493 e. The lowest BCUT2D eigenvalue weighted by molar-refractivity contribution is 0.262. The molecule has 5 heteroatoms. The maximum absolute atomic E-state index is 6.20. The highest BCUT2D eigenvalue weighted by Crippen LogP contribution is 2.37. The van der Waals surface area contributed by atoms with Gasteiger partial charge in [0.2, 0.25) is 0 Å². The van der Waals surface area contributed by atoms with Crippen LogP contribution in [0.1, 0.15) is 36.1 Å². The maximum atomic E-state index is 6.20. The van der Waals surface area contributed by atoms with E-state index in [0.717, 1.165) is 37.1 Å². The number of fused-ring (bicyclic) bond motifs is 2. The fraction of sp³-hybridized carbons (Fsp3) is 0.381. The van der Waals surface area contributed by atoms with Crippen LogP contribution >= 0.6 is 24.0 Å². The summed E-state index contributed by atoms with van der Waals surface area (Å²) < 4.78 is 5.71. The van der Waals surface area contributed by atoms with Crippen LogP contribution in [0.4, 0.5) is 0 Å². The number of rotatable bonds is 3.